The van der Waals surface area contributed by atoms with Gasteiger partial charge in [0.05, 0.1) is 25.6 Å². The molecule has 0 spiro atoms. The van der Waals surface area contributed by atoms with Crippen molar-refractivity contribution in [3.63, 3.8) is 0 Å². The zero-order valence-corrected chi connectivity index (χ0v) is 16.9. The number of carbonyl (C=O) groups is 2. The van der Waals surface area contributed by atoms with E-state index in [2.05, 4.69) is 10.6 Å². The van der Waals surface area contributed by atoms with Crippen LogP contribution in [0.3, 0.4) is 0 Å². The zero-order valence-electron chi connectivity index (χ0n) is 16.9. The maximum atomic E-state index is 12.2. The first-order chi connectivity index (χ1) is 13.7. The smallest absolute Gasteiger partial charge is 0.313 e. The fraction of sp³-hybridized carbons (Fsp3) is 0.300. The van der Waals surface area contributed by atoms with Crippen molar-refractivity contribution in [3.05, 3.63) is 64.2 Å². The van der Waals surface area contributed by atoms with Crippen LogP contribution < -0.4 is 20.4 Å². The number of anilines is 2. The number of rotatable bonds is 7. The van der Waals surface area contributed by atoms with Gasteiger partial charge >= 0.3 is 11.8 Å². The van der Waals surface area contributed by atoms with Gasteiger partial charge in [0.25, 0.3) is 5.69 Å². The molecule has 0 bridgehead atoms. The Morgan fingerprint density at radius 3 is 2.10 bits per heavy atom. The molecule has 0 heterocycles. The van der Waals surface area contributed by atoms with Crippen molar-refractivity contribution in [3.8, 4) is 0 Å². The lowest BCUT2D eigenvalue weighted by atomic mass is 10.1. The van der Waals surface area contributed by atoms with Gasteiger partial charge in [-0.1, -0.05) is 12.1 Å². The number of amides is 2. The Hall–Kier alpha value is -3.46. The van der Waals surface area contributed by atoms with Gasteiger partial charge in [-0.3, -0.25) is 19.7 Å². The summed E-state index contributed by atoms with van der Waals surface area (Å²) in [4.78, 5) is 37.5. The van der Waals surface area contributed by atoms with E-state index in [1.165, 1.54) is 24.3 Å². The number of non-ortho nitro benzene ring substituents is 1. The minimum absolute atomic E-state index is 0.0256. The Bertz CT molecular complexity index is 863. The van der Waals surface area contributed by atoms with E-state index in [-0.39, 0.29) is 18.3 Å². The van der Waals surface area contributed by atoms with Crippen molar-refractivity contribution in [1.82, 2.24) is 5.32 Å². The molecule has 3 N–H and O–H groups in total. The molecule has 154 valence electrons. The second kappa shape index (κ2) is 9.65. The van der Waals surface area contributed by atoms with Gasteiger partial charge in [0, 0.05) is 43.2 Å². The van der Waals surface area contributed by atoms with E-state index in [0.717, 1.165) is 16.2 Å². The molecule has 2 rings (SSSR count). The van der Waals surface area contributed by atoms with E-state index >= 15 is 0 Å². The number of carbonyl (C=O) groups excluding carboxylic acids is 2. The van der Waals surface area contributed by atoms with Gasteiger partial charge in [0.15, 0.2) is 0 Å². The maximum Gasteiger partial charge on any atom is 0.313 e. The van der Waals surface area contributed by atoms with E-state index in [4.69, 9.17) is 0 Å². The van der Waals surface area contributed by atoms with Crippen LogP contribution in [0.1, 0.15) is 11.6 Å². The van der Waals surface area contributed by atoms with Crippen LogP contribution in [-0.2, 0) is 9.59 Å². The molecule has 1 atom stereocenters. The van der Waals surface area contributed by atoms with Crippen LogP contribution in [0.15, 0.2) is 48.5 Å². The third kappa shape index (κ3) is 6.01. The molecule has 9 nitrogen and oxygen atoms in total. The van der Waals surface area contributed by atoms with Gasteiger partial charge in [-0.05, 0) is 24.3 Å². The third-order valence-corrected chi connectivity index (χ3v) is 4.52. The number of quaternary nitrogens is 1. The minimum Gasteiger partial charge on any atom is -0.378 e. The average molecular weight is 400 g/mol. The Labute approximate surface area is 169 Å². The molecule has 0 saturated heterocycles. The summed E-state index contributed by atoms with van der Waals surface area (Å²) in [5, 5.41) is 15.8. The fourth-order valence-electron chi connectivity index (χ4n) is 2.79. The summed E-state index contributed by atoms with van der Waals surface area (Å²) in [6.45, 7) is 0.288. The van der Waals surface area contributed by atoms with Crippen molar-refractivity contribution in [2.45, 2.75) is 6.04 Å². The molecule has 0 aliphatic carbocycles. The lowest BCUT2D eigenvalue weighted by molar-refractivity contribution is -0.890. The number of benzene rings is 2. The van der Waals surface area contributed by atoms with E-state index in [1.807, 2.05) is 57.4 Å². The lowest BCUT2D eigenvalue weighted by Crippen LogP contribution is -3.07. The summed E-state index contributed by atoms with van der Waals surface area (Å²) < 4.78 is 0. The molecule has 0 aliphatic rings. The second-order valence-electron chi connectivity index (χ2n) is 7.08. The standard InChI is InChI=1S/C20H25N5O4/c1-23(2)16-9-5-14(6-10-16)18(24(3)4)13-21-19(26)20(27)22-15-7-11-17(12-8-15)25(28)29/h5-12,18H,13H2,1-4H3,(H,21,26)(H,22,27)/p+1/t18-/m1/s1. The van der Waals surface area contributed by atoms with Gasteiger partial charge < -0.3 is 20.4 Å². The van der Waals surface area contributed by atoms with Crippen molar-refractivity contribution in [1.29, 1.82) is 0 Å². The molecule has 0 unspecified atom stereocenters. The van der Waals surface area contributed by atoms with Crippen LogP contribution in [0.5, 0.6) is 0 Å². The maximum absolute atomic E-state index is 12.2. The number of hydrogen-bond donors (Lipinski definition) is 3. The van der Waals surface area contributed by atoms with Gasteiger partial charge in [0.1, 0.15) is 6.04 Å². The van der Waals surface area contributed by atoms with Gasteiger partial charge in [-0.15, -0.1) is 0 Å². The summed E-state index contributed by atoms with van der Waals surface area (Å²) >= 11 is 0. The molecule has 0 aromatic heterocycles. The summed E-state index contributed by atoms with van der Waals surface area (Å²) in [6.07, 6.45) is 0. The summed E-state index contributed by atoms with van der Waals surface area (Å²) in [5.74, 6) is -1.59. The van der Waals surface area contributed by atoms with Crippen molar-refractivity contribution in [2.24, 2.45) is 0 Å². The van der Waals surface area contributed by atoms with E-state index in [0.29, 0.717) is 5.69 Å². The number of nitrogens with one attached hydrogen (secondary N) is 3. The van der Waals surface area contributed by atoms with Gasteiger partial charge in [-0.25, -0.2) is 0 Å². The lowest BCUT2D eigenvalue weighted by Gasteiger charge is -2.23. The highest BCUT2D eigenvalue weighted by molar-refractivity contribution is 6.39. The van der Waals surface area contributed by atoms with E-state index < -0.39 is 16.7 Å². The Morgan fingerprint density at radius 2 is 1.62 bits per heavy atom. The first-order valence-corrected chi connectivity index (χ1v) is 9.10. The topological polar surface area (TPSA) is 109 Å². The normalized spacial score (nSPS) is 11.6. The molecule has 2 aromatic rings. The number of hydrogen-bond acceptors (Lipinski definition) is 5. The highest BCUT2D eigenvalue weighted by atomic mass is 16.6. The van der Waals surface area contributed by atoms with Crippen LogP contribution >= 0.6 is 0 Å². The SMILES string of the molecule is CN(C)c1ccc([C@@H](CNC(=O)C(=O)Nc2ccc([N+](=O)[O-])cc2)[NH+](C)C)cc1. The van der Waals surface area contributed by atoms with Crippen LogP contribution in [0.4, 0.5) is 17.1 Å². The van der Waals surface area contributed by atoms with Crippen LogP contribution in [0, 0.1) is 10.1 Å². The summed E-state index contributed by atoms with van der Waals surface area (Å²) in [5.41, 5.74) is 2.34. The Morgan fingerprint density at radius 1 is 1.03 bits per heavy atom. The molecule has 29 heavy (non-hydrogen) atoms. The monoisotopic (exact) mass is 400 g/mol. The second-order valence-corrected chi connectivity index (χ2v) is 7.08. The van der Waals surface area contributed by atoms with Gasteiger partial charge in [0.2, 0.25) is 0 Å². The highest BCUT2D eigenvalue weighted by Crippen LogP contribution is 2.17. The van der Waals surface area contributed by atoms with Crippen molar-refractivity contribution < 1.29 is 19.4 Å². The van der Waals surface area contributed by atoms with Crippen LogP contribution in [0.2, 0.25) is 0 Å². The largest absolute Gasteiger partial charge is 0.378 e. The van der Waals surface area contributed by atoms with Crippen molar-refractivity contribution in [2.75, 3.05) is 45.0 Å². The van der Waals surface area contributed by atoms with E-state index in [1.54, 1.807) is 0 Å². The van der Waals surface area contributed by atoms with Gasteiger partial charge in [-0.2, -0.15) is 0 Å². The van der Waals surface area contributed by atoms with Crippen molar-refractivity contribution >= 4 is 28.9 Å². The zero-order chi connectivity index (χ0) is 21.6. The fourth-order valence-corrected chi connectivity index (χ4v) is 2.79. The molecule has 0 radical (unpaired) electrons. The molecule has 2 amide bonds. The number of nitrogens with zero attached hydrogens (tertiary/aromatic N) is 2. The first kappa shape index (κ1) is 21.8. The third-order valence-electron chi connectivity index (χ3n) is 4.52. The Balaban J connectivity index is 1.97. The summed E-state index contributed by atoms with van der Waals surface area (Å²) in [7, 11) is 7.89. The molecule has 9 heteroatoms. The number of nitro benzene ring substituents is 1. The summed E-state index contributed by atoms with van der Waals surface area (Å²) in [6, 6.07) is 13.3. The van der Waals surface area contributed by atoms with Crippen LogP contribution in [-0.4, -0.2) is 51.5 Å². The predicted octanol–water partition coefficient (Wildman–Crippen LogP) is 0.601. The van der Waals surface area contributed by atoms with E-state index in [9.17, 15) is 19.7 Å². The Kier molecular flexibility index (Phi) is 7.27. The molecule has 0 fully saturated rings. The quantitative estimate of drug-likeness (QED) is 0.358. The minimum atomic E-state index is -0.825. The first-order valence-electron chi connectivity index (χ1n) is 9.10. The number of nitro groups is 1. The van der Waals surface area contributed by atoms with Crippen LogP contribution in [0.25, 0.3) is 0 Å². The average Bonchev–Trinajstić information content (AvgIpc) is 2.68. The molecule has 0 saturated carbocycles. The highest BCUT2D eigenvalue weighted by Gasteiger charge is 2.21. The molecular formula is C20H26N5O4+. The molecule has 0 aliphatic heterocycles. The molecule has 2 aromatic carbocycles. The predicted molar refractivity (Wildman–Crippen MR) is 111 cm³/mol. The number of likely N-dealkylation sites (N-methyl/N-ethyl adjacent to an activating group) is 1. The molecular weight excluding hydrogens is 374 g/mol.